The molecule has 0 atom stereocenters. The van der Waals surface area contributed by atoms with Crippen molar-refractivity contribution in [3.8, 4) is 0 Å². The summed E-state index contributed by atoms with van der Waals surface area (Å²) in [6.07, 6.45) is 3.93. The number of pyridine rings is 1. The van der Waals surface area contributed by atoms with E-state index in [-0.39, 0.29) is 13.2 Å². The van der Waals surface area contributed by atoms with Crippen LogP contribution in [-0.4, -0.2) is 41.5 Å². The molecule has 11 nitrogen and oxygen atoms in total. The Hall–Kier alpha value is -3.11. The largest absolute Gasteiger partial charge is 0.464 e. The summed E-state index contributed by atoms with van der Waals surface area (Å²) in [6, 6.07) is 3.49. The van der Waals surface area contributed by atoms with Crippen molar-refractivity contribution in [2.24, 2.45) is 0 Å². The van der Waals surface area contributed by atoms with Crippen molar-refractivity contribution in [1.82, 2.24) is 4.98 Å². The third-order valence-corrected chi connectivity index (χ3v) is 3.20. The van der Waals surface area contributed by atoms with Gasteiger partial charge in [0.2, 0.25) is 0 Å². The Morgan fingerprint density at radius 3 is 2.29 bits per heavy atom. The second-order valence-electron chi connectivity index (χ2n) is 4.77. The van der Waals surface area contributed by atoms with Gasteiger partial charge >= 0.3 is 0 Å². The zero-order chi connectivity index (χ0) is 17.4. The molecule has 0 bridgehead atoms. The van der Waals surface area contributed by atoms with E-state index in [1.807, 2.05) is 4.90 Å². The molecule has 0 spiro atoms. The van der Waals surface area contributed by atoms with Gasteiger partial charge in [-0.25, -0.2) is 4.98 Å². The van der Waals surface area contributed by atoms with Crippen LogP contribution in [0.15, 0.2) is 29.0 Å². The van der Waals surface area contributed by atoms with E-state index in [1.54, 1.807) is 24.6 Å². The molecule has 0 amide bonds. The molecule has 0 saturated heterocycles. The van der Waals surface area contributed by atoms with Crippen LogP contribution in [0.4, 0.5) is 5.82 Å². The highest BCUT2D eigenvalue weighted by Crippen LogP contribution is 2.25. The molecule has 0 aliphatic carbocycles. The van der Waals surface area contributed by atoms with Crippen molar-refractivity contribution in [1.29, 1.82) is 0 Å². The second-order valence-corrected chi connectivity index (χ2v) is 4.77. The van der Waals surface area contributed by atoms with E-state index >= 15 is 0 Å². The highest BCUT2D eigenvalue weighted by molar-refractivity contribution is 5.88. The lowest BCUT2D eigenvalue weighted by atomic mass is 10.2. The fourth-order valence-corrected chi connectivity index (χ4v) is 2.24. The lowest BCUT2D eigenvalue weighted by Crippen LogP contribution is -2.28. The minimum Gasteiger partial charge on any atom is -0.464 e. The average molecular weight is 340 g/mol. The molecule has 0 radical (unpaired) electrons. The summed E-state index contributed by atoms with van der Waals surface area (Å²) in [5.41, 5.74) is 0.660. The van der Waals surface area contributed by atoms with Gasteiger partial charge in [-0.2, -0.15) is 0 Å². The van der Waals surface area contributed by atoms with Gasteiger partial charge in [0.05, 0.1) is 24.9 Å². The maximum atomic E-state index is 10.2. The smallest absolute Gasteiger partial charge is 0.294 e. The van der Waals surface area contributed by atoms with Crippen LogP contribution in [0.2, 0.25) is 0 Å². The maximum absolute atomic E-state index is 10.2. The molecule has 0 aliphatic heterocycles. The molecule has 2 rings (SSSR count). The molecule has 11 heteroatoms. The number of anilines is 1. The summed E-state index contributed by atoms with van der Waals surface area (Å²) in [6.45, 7) is 0.777. The quantitative estimate of drug-likeness (QED) is 0.341. The third-order valence-electron chi connectivity index (χ3n) is 3.20. The van der Waals surface area contributed by atoms with Gasteiger partial charge in [-0.3, -0.25) is 0 Å². The van der Waals surface area contributed by atoms with Crippen molar-refractivity contribution in [2.75, 3.05) is 31.2 Å². The molecular formula is C13H16N4O7. The average Bonchev–Trinajstić information content (AvgIpc) is 3.01. The summed E-state index contributed by atoms with van der Waals surface area (Å²) in [4.78, 5) is 35.2. The second kappa shape index (κ2) is 8.50. The number of aromatic nitrogens is 1. The van der Waals surface area contributed by atoms with Gasteiger partial charge in [0.15, 0.2) is 0 Å². The van der Waals surface area contributed by atoms with Gasteiger partial charge in [0.1, 0.15) is 11.4 Å². The molecule has 2 heterocycles. The lowest BCUT2D eigenvalue weighted by Gasteiger charge is -2.24. The van der Waals surface area contributed by atoms with Gasteiger partial charge in [0, 0.05) is 19.3 Å². The number of furan rings is 1. The Labute approximate surface area is 136 Å². The van der Waals surface area contributed by atoms with E-state index < -0.39 is 10.2 Å². The van der Waals surface area contributed by atoms with Crippen LogP contribution in [0, 0.1) is 20.2 Å². The first-order chi connectivity index (χ1) is 11.6. The van der Waals surface area contributed by atoms with Crippen LogP contribution in [-0.2, 0) is 9.68 Å². The molecule has 2 aromatic heterocycles. The van der Waals surface area contributed by atoms with Crippen molar-refractivity contribution < 1.29 is 24.3 Å². The minimum atomic E-state index is -0.843. The first-order valence-corrected chi connectivity index (χ1v) is 7.19. The van der Waals surface area contributed by atoms with Crippen molar-refractivity contribution >= 4 is 16.8 Å². The molecule has 0 saturated carbocycles. The van der Waals surface area contributed by atoms with E-state index in [2.05, 4.69) is 14.7 Å². The highest BCUT2D eigenvalue weighted by Gasteiger charge is 2.13. The molecule has 0 unspecified atom stereocenters. The molecule has 0 aliphatic rings. The Morgan fingerprint density at radius 2 is 1.71 bits per heavy atom. The summed E-state index contributed by atoms with van der Waals surface area (Å²) < 4.78 is 5.33. The fourth-order valence-electron chi connectivity index (χ4n) is 2.24. The van der Waals surface area contributed by atoms with Gasteiger partial charge in [-0.15, -0.1) is 20.2 Å². The molecule has 0 aromatic carbocycles. The Morgan fingerprint density at radius 1 is 1.08 bits per heavy atom. The maximum Gasteiger partial charge on any atom is 0.294 e. The molecule has 24 heavy (non-hydrogen) atoms. The van der Waals surface area contributed by atoms with Crippen LogP contribution >= 0.6 is 0 Å². The van der Waals surface area contributed by atoms with Crippen LogP contribution in [0.3, 0.4) is 0 Å². The van der Waals surface area contributed by atoms with E-state index in [9.17, 15) is 20.2 Å². The summed E-state index contributed by atoms with van der Waals surface area (Å²) in [5, 5.41) is 19.5. The first kappa shape index (κ1) is 17.2. The summed E-state index contributed by atoms with van der Waals surface area (Å²) in [7, 11) is 0. The third kappa shape index (κ3) is 4.97. The predicted octanol–water partition coefficient (Wildman–Crippen LogP) is 1.83. The van der Waals surface area contributed by atoms with Crippen molar-refractivity contribution in [2.45, 2.75) is 12.8 Å². The zero-order valence-electron chi connectivity index (χ0n) is 12.7. The monoisotopic (exact) mass is 340 g/mol. The SMILES string of the molecule is O=[N+]([O-])OCCCN(CCCO[N+](=O)[O-])c1nccc2occc12. The topological polar surface area (TPSA) is 134 Å². The molecule has 130 valence electrons. The number of nitrogens with zero attached hydrogens (tertiary/aromatic N) is 4. The van der Waals surface area contributed by atoms with Crippen LogP contribution in [0.1, 0.15) is 12.8 Å². The number of hydrogen-bond donors (Lipinski definition) is 0. The minimum absolute atomic E-state index is 0.0454. The summed E-state index contributed by atoms with van der Waals surface area (Å²) >= 11 is 0. The van der Waals surface area contributed by atoms with Crippen LogP contribution < -0.4 is 4.90 Å². The molecule has 0 fully saturated rings. The van der Waals surface area contributed by atoms with E-state index in [1.165, 1.54) is 0 Å². The Kier molecular flexibility index (Phi) is 6.11. The number of fused-ring (bicyclic) bond motifs is 1. The van der Waals surface area contributed by atoms with E-state index in [4.69, 9.17) is 4.42 Å². The normalized spacial score (nSPS) is 10.5. The summed E-state index contributed by atoms with van der Waals surface area (Å²) in [5.74, 6) is 0.642. The van der Waals surface area contributed by atoms with Gasteiger partial charge in [0.25, 0.3) is 10.2 Å². The Balaban J connectivity index is 2.02. The molecular weight excluding hydrogens is 324 g/mol. The molecule has 2 aromatic rings. The fraction of sp³-hybridized carbons (Fsp3) is 0.462. The standard InChI is InChI=1S/C13H16N4O7/c18-16(19)23-8-1-6-15(7-2-9-24-17(20)21)13-11-4-10-22-12(11)3-5-14-13/h3-5,10H,1-2,6-9H2. The predicted molar refractivity (Wildman–Crippen MR) is 81.3 cm³/mol. The number of hydrogen-bond acceptors (Lipinski definition) is 9. The Bertz CT molecular complexity index is 668. The number of rotatable bonds is 11. The molecule has 0 N–H and O–H groups in total. The van der Waals surface area contributed by atoms with Crippen LogP contribution in [0.25, 0.3) is 11.0 Å². The first-order valence-electron chi connectivity index (χ1n) is 7.19. The van der Waals surface area contributed by atoms with Crippen molar-refractivity contribution in [3.63, 3.8) is 0 Å². The zero-order valence-corrected chi connectivity index (χ0v) is 12.7. The van der Waals surface area contributed by atoms with Gasteiger partial charge in [-0.05, 0) is 25.0 Å². The van der Waals surface area contributed by atoms with Gasteiger partial charge in [-0.1, -0.05) is 0 Å². The van der Waals surface area contributed by atoms with Crippen LogP contribution in [0.5, 0.6) is 0 Å². The lowest BCUT2D eigenvalue weighted by molar-refractivity contribution is -0.757. The highest BCUT2D eigenvalue weighted by atomic mass is 17.0. The van der Waals surface area contributed by atoms with E-state index in [0.29, 0.717) is 37.3 Å². The van der Waals surface area contributed by atoms with Crippen molar-refractivity contribution in [3.05, 3.63) is 44.8 Å². The van der Waals surface area contributed by atoms with E-state index in [0.717, 1.165) is 5.39 Å². The van der Waals surface area contributed by atoms with Gasteiger partial charge < -0.3 is 19.0 Å².